The summed E-state index contributed by atoms with van der Waals surface area (Å²) in [6.07, 6.45) is -6.69. The Kier molecular flexibility index (Phi) is 10.4. The van der Waals surface area contributed by atoms with Crippen LogP contribution in [-0.4, -0.2) is 72.6 Å². The van der Waals surface area contributed by atoms with E-state index in [1.54, 1.807) is 12.1 Å². The van der Waals surface area contributed by atoms with Crippen LogP contribution in [0.25, 0.3) is 0 Å². The van der Waals surface area contributed by atoms with Gasteiger partial charge < -0.3 is 19.3 Å². The van der Waals surface area contributed by atoms with E-state index < -0.39 is 63.2 Å². The van der Waals surface area contributed by atoms with Crippen molar-refractivity contribution >= 4 is 20.2 Å². The van der Waals surface area contributed by atoms with Crippen molar-refractivity contribution in [2.45, 2.75) is 48.1 Å². The third-order valence-corrected chi connectivity index (χ3v) is 9.60. The van der Waals surface area contributed by atoms with Gasteiger partial charge >= 0.3 is 0 Å². The molecule has 12 heteroatoms. The van der Waals surface area contributed by atoms with Crippen LogP contribution in [0.3, 0.4) is 0 Å². The zero-order valence-corrected chi connectivity index (χ0v) is 27.1. The van der Waals surface area contributed by atoms with E-state index in [-0.39, 0.29) is 4.90 Å². The number of ether oxygens (including phenoxy) is 3. The summed E-state index contributed by atoms with van der Waals surface area (Å²) in [6, 6.07) is 34.2. The molecule has 1 aliphatic heterocycles. The Morgan fingerprint density at radius 3 is 1.70 bits per heavy atom. The van der Waals surface area contributed by atoms with Crippen molar-refractivity contribution in [2.24, 2.45) is 0 Å². The first kappa shape index (κ1) is 33.9. The number of hydrogen-bond donors (Lipinski definition) is 1. The highest BCUT2D eigenvalue weighted by Crippen LogP contribution is 2.41. The molecule has 4 aromatic rings. The average molecular weight is 669 g/mol. The first-order chi connectivity index (χ1) is 21.9. The third kappa shape index (κ3) is 7.40. The molecule has 4 aromatic carbocycles. The maximum atomic E-state index is 13.7. The van der Waals surface area contributed by atoms with Crippen molar-refractivity contribution in [3.8, 4) is 0 Å². The van der Waals surface area contributed by atoms with Gasteiger partial charge in [-0.3, -0.25) is 8.37 Å². The molecule has 1 saturated heterocycles. The number of hydrogen-bond acceptors (Lipinski definition) is 10. The van der Waals surface area contributed by atoms with Gasteiger partial charge in [-0.05, 0) is 35.7 Å². The molecule has 0 amide bonds. The zero-order valence-electron chi connectivity index (χ0n) is 25.5. The molecule has 0 spiro atoms. The minimum absolute atomic E-state index is 0.133. The molecule has 0 radical (unpaired) electrons. The number of methoxy groups -OCH3 is 1. The SMILES string of the molecule is CO[C@@H]1O[C@H]([C@H](COC(c2ccccc2)(c2ccccc2)c2ccccc2)OS(=O)(=O)c2ccc(C)cc2)[C@@H](OS(C)(=O)=O)[C@H]1O. The maximum absolute atomic E-state index is 13.7. The van der Waals surface area contributed by atoms with E-state index in [1.165, 1.54) is 19.2 Å². The second kappa shape index (κ2) is 14.1. The zero-order chi connectivity index (χ0) is 33.0. The van der Waals surface area contributed by atoms with Crippen LogP contribution >= 0.6 is 0 Å². The molecule has 5 atom stereocenters. The second-order valence-corrected chi connectivity index (χ2v) is 14.1. The topological polar surface area (TPSA) is 135 Å². The minimum Gasteiger partial charge on any atom is -0.385 e. The number of aliphatic hydroxyl groups excluding tert-OH is 1. The predicted molar refractivity (Wildman–Crippen MR) is 170 cm³/mol. The van der Waals surface area contributed by atoms with E-state index in [0.717, 1.165) is 28.5 Å². The summed E-state index contributed by atoms with van der Waals surface area (Å²) >= 11 is 0. The Morgan fingerprint density at radius 2 is 1.26 bits per heavy atom. The van der Waals surface area contributed by atoms with Crippen molar-refractivity contribution in [3.63, 3.8) is 0 Å². The Labute approximate surface area is 269 Å². The van der Waals surface area contributed by atoms with Crippen LogP contribution in [0.1, 0.15) is 22.3 Å². The van der Waals surface area contributed by atoms with Gasteiger partial charge in [0.05, 0.1) is 17.8 Å². The van der Waals surface area contributed by atoms with Gasteiger partial charge in [0.2, 0.25) is 0 Å². The van der Waals surface area contributed by atoms with E-state index in [0.29, 0.717) is 0 Å². The molecule has 0 unspecified atom stereocenters. The second-order valence-electron chi connectivity index (χ2n) is 11.0. The number of aliphatic hydroxyl groups is 1. The van der Waals surface area contributed by atoms with Crippen LogP contribution in [0.15, 0.2) is 120 Å². The van der Waals surface area contributed by atoms with Crippen molar-refractivity contribution < 1.29 is 44.5 Å². The molecule has 1 aliphatic rings. The smallest absolute Gasteiger partial charge is 0.297 e. The summed E-state index contributed by atoms with van der Waals surface area (Å²) in [7, 11) is -7.37. The summed E-state index contributed by atoms with van der Waals surface area (Å²) in [5.41, 5.74) is 1.75. The van der Waals surface area contributed by atoms with Crippen LogP contribution in [0.5, 0.6) is 0 Å². The normalized spacial score (nSPS) is 21.2. The lowest BCUT2D eigenvalue weighted by Gasteiger charge is -2.38. The van der Waals surface area contributed by atoms with Crippen LogP contribution in [0.4, 0.5) is 0 Å². The van der Waals surface area contributed by atoms with Crippen LogP contribution < -0.4 is 0 Å². The van der Waals surface area contributed by atoms with Gasteiger partial charge in [-0.1, -0.05) is 109 Å². The lowest BCUT2D eigenvalue weighted by Crippen LogP contribution is -2.47. The summed E-state index contributed by atoms with van der Waals surface area (Å²) in [5.74, 6) is 0. The molecule has 0 aliphatic carbocycles. The highest BCUT2D eigenvalue weighted by Gasteiger charge is 2.52. The molecule has 46 heavy (non-hydrogen) atoms. The van der Waals surface area contributed by atoms with Crippen molar-refractivity contribution in [1.82, 2.24) is 0 Å². The molecule has 5 rings (SSSR count). The molecule has 1 N–H and O–H groups in total. The quantitative estimate of drug-likeness (QED) is 0.164. The first-order valence-electron chi connectivity index (χ1n) is 14.5. The van der Waals surface area contributed by atoms with Crippen LogP contribution in [-0.2, 0) is 48.4 Å². The molecule has 0 aromatic heterocycles. The molecular formula is C34H36O10S2. The van der Waals surface area contributed by atoms with E-state index in [4.69, 9.17) is 22.6 Å². The monoisotopic (exact) mass is 668 g/mol. The summed E-state index contributed by atoms with van der Waals surface area (Å²) in [5, 5.41) is 11.0. The Bertz CT molecular complexity index is 1690. The Balaban J connectivity index is 1.64. The average Bonchev–Trinajstić information content (AvgIpc) is 3.35. The van der Waals surface area contributed by atoms with Crippen molar-refractivity contribution in [2.75, 3.05) is 20.0 Å². The molecule has 10 nitrogen and oxygen atoms in total. The summed E-state index contributed by atoms with van der Waals surface area (Å²) in [4.78, 5) is -0.133. The number of rotatable bonds is 13. The molecular weight excluding hydrogens is 632 g/mol. The van der Waals surface area contributed by atoms with Gasteiger partial charge in [0.25, 0.3) is 20.2 Å². The van der Waals surface area contributed by atoms with Gasteiger partial charge in [0, 0.05) is 7.11 Å². The van der Waals surface area contributed by atoms with E-state index >= 15 is 0 Å². The summed E-state index contributed by atoms with van der Waals surface area (Å²) < 4.78 is 81.0. The largest absolute Gasteiger partial charge is 0.385 e. The third-order valence-electron chi connectivity index (χ3n) is 7.68. The van der Waals surface area contributed by atoms with Gasteiger partial charge in [-0.2, -0.15) is 16.8 Å². The van der Waals surface area contributed by atoms with Crippen molar-refractivity contribution in [1.29, 1.82) is 0 Å². The van der Waals surface area contributed by atoms with E-state index in [2.05, 4.69) is 0 Å². The molecule has 0 saturated carbocycles. The molecule has 1 heterocycles. The van der Waals surface area contributed by atoms with Gasteiger partial charge in [0.15, 0.2) is 6.29 Å². The highest BCUT2D eigenvalue weighted by molar-refractivity contribution is 7.86. The van der Waals surface area contributed by atoms with Crippen LogP contribution in [0.2, 0.25) is 0 Å². The van der Waals surface area contributed by atoms with E-state index in [1.807, 2.05) is 97.9 Å². The fourth-order valence-corrected chi connectivity index (χ4v) is 7.24. The number of aryl methyl sites for hydroxylation is 1. The standard InChI is InChI=1S/C34H36O10S2/c1-24-19-21-28(22-20-24)46(38,39)43-29(31-32(44-45(3,36)37)30(35)33(40-2)42-31)23-41-34(25-13-7-4-8-14-25,26-15-9-5-10-16-26)27-17-11-6-12-18-27/h4-22,29-33,35H,23H2,1-3H3/t29-,30+,31+,32-,33+/m0/s1. The lowest BCUT2D eigenvalue weighted by molar-refractivity contribution is -0.168. The maximum Gasteiger partial charge on any atom is 0.297 e. The minimum atomic E-state index is -4.47. The lowest BCUT2D eigenvalue weighted by atomic mass is 9.80. The molecule has 0 bridgehead atoms. The number of benzene rings is 4. The Hall–Kier alpha value is -3.46. The van der Waals surface area contributed by atoms with Gasteiger partial charge in [0.1, 0.15) is 30.0 Å². The predicted octanol–water partition coefficient (Wildman–Crippen LogP) is 4.15. The molecule has 244 valence electrons. The molecule has 1 fully saturated rings. The fourth-order valence-electron chi connectivity index (χ4n) is 5.55. The Morgan fingerprint density at radius 1 is 0.783 bits per heavy atom. The van der Waals surface area contributed by atoms with Crippen molar-refractivity contribution in [3.05, 3.63) is 138 Å². The first-order valence-corrected chi connectivity index (χ1v) is 17.7. The summed E-state index contributed by atoms with van der Waals surface area (Å²) in [6.45, 7) is 1.36. The highest BCUT2D eigenvalue weighted by atomic mass is 32.2. The van der Waals surface area contributed by atoms with Gasteiger partial charge in [-0.15, -0.1) is 0 Å². The van der Waals surface area contributed by atoms with Crippen LogP contribution in [0, 0.1) is 6.92 Å². The van der Waals surface area contributed by atoms with Gasteiger partial charge in [-0.25, -0.2) is 0 Å². The van der Waals surface area contributed by atoms with E-state index in [9.17, 15) is 21.9 Å². The fraction of sp³-hybridized carbons (Fsp3) is 0.294.